The highest BCUT2D eigenvalue weighted by atomic mass is 79.9. The van der Waals surface area contributed by atoms with Crippen LogP contribution < -0.4 is 5.32 Å². The first kappa shape index (κ1) is 20.9. The molecule has 9 nitrogen and oxygen atoms in total. The van der Waals surface area contributed by atoms with Gasteiger partial charge in [0.15, 0.2) is 27.5 Å². The molecule has 1 aliphatic carbocycles. The van der Waals surface area contributed by atoms with Crippen molar-refractivity contribution in [3.05, 3.63) is 46.8 Å². The van der Waals surface area contributed by atoms with Crippen molar-refractivity contribution < 1.29 is 22.8 Å². The number of aromatic nitrogens is 2. The van der Waals surface area contributed by atoms with Crippen LogP contribution in [0.1, 0.15) is 24.8 Å². The molecule has 2 aromatic rings. The van der Waals surface area contributed by atoms with E-state index in [1.54, 1.807) is 12.1 Å². The molecule has 158 valence electrons. The molecule has 0 unspecified atom stereocenters. The van der Waals surface area contributed by atoms with E-state index in [0.29, 0.717) is 42.6 Å². The molecule has 30 heavy (non-hydrogen) atoms. The van der Waals surface area contributed by atoms with Gasteiger partial charge in [0.1, 0.15) is 4.60 Å². The fourth-order valence-electron chi connectivity index (χ4n) is 2.87. The van der Waals surface area contributed by atoms with Crippen LogP contribution in [0.15, 0.2) is 51.3 Å². The first-order valence-electron chi connectivity index (χ1n) is 9.38. The number of nitrogens with zero attached hydrogens (tertiary/aromatic N) is 3. The first-order chi connectivity index (χ1) is 14.4. The van der Waals surface area contributed by atoms with Crippen LogP contribution in [0.3, 0.4) is 0 Å². The molecule has 2 aliphatic rings. The Morgan fingerprint density at radius 1 is 1.17 bits per heavy atom. The molecular weight excluding hydrogens is 476 g/mol. The Morgan fingerprint density at radius 2 is 1.93 bits per heavy atom. The zero-order valence-corrected chi connectivity index (χ0v) is 18.2. The largest absolute Gasteiger partial charge is 0.389 e. The normalized spacial score (nSPS) is 19.5. The number of ether oxygens (including phenoxy) is 1. The number of anilines is 1. The standard InChI is InChI=1S/C19H19BrN4O5S/c20-16-9-22-17(10-21-16)23-19(25)18(24-29-13-7-8-28-11-13)12-1-3-14(4-2-12)30(26,27)15-5-6-15/h1-4,9-10,13,15H,5-8,11H2,(H,22,23,25)/b24-18+/t13-/m1/s1. The van der Waals surface area contributed by atoms with Crippen LogP contribution >= 0.6 is 15.9 Å². The van der Waals surface area contributed by atoms with Gasteiger partial charge in [-0.1, -0.05) is 17.3 Å². The van der Waals surface area contributed by atoms with Gasteiger partial charge in [-0.15, -0.1) is 0 Å². The summed E-state index contributed by atoms with van der Waals surface area (Å²) in [5.41, 5.74) is 0.424. The van der Waals surface area contributed by atoms with Crippen LogP contribution in [0.4, 0.5) is 5.82 Å². The Labute approximate surface area is 181 Å². The number of sulfone groups is 1. The Bertz CT molecular complexity index is 1050. The highest BCUT2D eigenvalue weighted by molar-refractivity contribution is 9.10. The van der Waals surface area contributed by atoms with Crippen LogP contribution in [0.5, 0.6) is 0 Å². The van der Waals surface area contributed by atoms with Gasteiger partial charge in [0.25, 0.3) is 5.91 Å². The minimum atomic E-state index is -3.32. The summed E-state index contributed by atoms with van der Waals surface area (Å²) in [6.07, 6.45) is 4.66. The predicted octanol–water partition coefficient (Wildman–Crippen LogP) is 2.32. The smallest absolute Gasteiger partial charge is 0.279 e. The summed E-state index contributed by atoms with van der Waals surface area (Å²) in [7, 11) is -3.32. The van der Waals surface area contributed by atoms with Crippen LogP contribution in [0.25, 0.3) is 0 Å². The van der Waals surface area contributed by atoms with Crippen LogP contribution in [-0.4, -0.2) is 54.6 Å². The van der Waals surface area contributed by atoms with Crippen LogP contribution in [-0.2, 0) is 24.2 Å². The Hall–Kier alpha value is -2.37. The number of carbonyl (C=O) groups excluding carboxylic acids is 1. The number of oxime groups is 1. The highest BCUT2D eigenvalue weighted by Gasteiger charge is 2.36. The second-order valence-electron chi connectivity index (χ2n) is 6.98. The van der Waals surface area contributed by atoms with E-state index in [-0.39, 0.29) is 27.8 Å². The van der Waals surface area contributed by atoms with Gasteiger partial charge in [-0.25, -0.2) is 18.4 Å². The minimum absolute atomic E-state index is 0.00184. The lowest BCUT2D eigenvalue weighted by molar-refractivity contribution is -0.110. The zero-order valence-electron chi connectivity index (χ0n) is 15.8. The molecule has 0 radical (unpaired) electrons. The quantitative estimate of drug-likeness (QED) is 0.463. The lowest BCUT2D eigenvalue weighted by Gasteiger charge is -2.11. The minimum Gasteiger partial charge on any atom is -0.389 e. The van der Waals surface area contributed by atoms with Crippen molar-refractivity contribution in [2.24, 2.45) is 5.16 Å². The zero-order chi connectivity index (χ0) is 21.1. The molecule has 0 spiro atoms. The summed E-state index contributed by atoms with van der Waals surface area (Å²) in [4.78, 5) is 26.7. The third-order valence-corrected chi connectivity index (χ3v) is 7.37. The maximum absolute atomic E-state index is 12.9. The van der Waals surface area contributed by atoms with Crippen LogP contribution in [0.2, 0.25) is 0 Å². The monoisotopic (exact) mass is 494 g/mol. The molecular formula is C19H19BrN4O5S. The number of amides is 1. The molecule has 1 aromatic carbocycles. The van der Waals surface area contributed by atoms with E-state index in [9.17, 15) is 13.2 Å². The average Bonchev–Trinajstić information content (AvgIpc) is 3.48. The molecule has 1 atom stereocenters. The molecule has 0 bridgehead atoms. The topological polar surface area (TPSA) is 120 Å². The van der Waals surface area contributed by atoms with Gasteiger partial charge in [-0.05, 0) is 40.9 Å². The SMILES string of the molecule is O=C(Nc1cnc(Br)cn1)/C(=N/O[C@@H]1CCOC1)c1ccc(S(=O)(=O)C2CC2)cc1. The summed E-state index contributed by atoms with van der Waals surface area (Å²) < 4.78 is 30.6. The molecule has 1 aromatic heterocycles. The third kappa shape index (κ3) is 4.85. The van der Waals surface area contributed by atoms with Crippen LogP contribution in [0, 0.1) is 0 Å². The second-order valence-corrected chi connectivity index (χ2v) is 10.0. The van der Waals surface area contributed by atoms with Crippen molar-refractivity contribution in [2.45, 2.75) is 35.5 Å². The van der Waals surface area contributed by atoms with Gasteiger partial charge in [-0.3, -0.25) is 4.79 Å². The maximum atomic E-state index is 12.9. The van der Waals surface area contributed by atoms with E-state index in [2.05, 4.69) is 36.4 Å². The lowest BCUT2D eigenvalue weighted by Crippen LogP contribution is -2.26. The number of carbonyl (C=O) groups is 1. The molecule has 2 fully saturated rings. The Morgan fingerprint density at radius 3 is 2.53 bits per heavy atom. The molecule has 1 N–H and O–H groups in total. The predicted molar refractivity (Wildman–Crippen MR) is 112 cm³/mol. The van der Waals surface area contributed by atoms with Gasteiger partial charge in [0, 0.05) is 12.0 Å². The van der Waals surface area contributed by atoms with Crippen molar-refractivity contribution in [1.29, 1.82) is 0 Å². The van der Waals surface area contributed by atoms with E-state index in [0.717, 1.165) is 0 Å². The number of hydrogen-bond donors (Lipinski definition) is 1. The summed E-state index contributed by atoms with van der Waals surface area (Å²) in [6, 6.07) is 6.08. The fourth-order valence-corrected chi connectivity index (χ4v) is 4.74. The van der Waals surface area contributed by atoms with E-state index >= 15 is 0 Å². The van der Waals surface area contributed by atoms with Crippen molar-refractivity contribution in [1.82, 2.24) is 9.97 Å². The van der Waals surface area contributed by atoms with E-state index < -0.39 is 15.7 Å². The molecule has 1 saturated heterocycles. The van der Waals surface area contributed by atoms with Gasteiger partial charge in [0.2, 0.25) is 0 Å². The summed E-state index contributed by atoms with van der Waals surface area (Å²) in [6.45, 7) is 0.971. The Kier molecular flexibility index (Phi) is 6.11. The first-order valence-corrected chi connectivity index (χ1v) is 11.7. The van der Waals surface area contributed by atoms with Crippen molar-refractivity contribution in [2.75, 3.05) is 18.5 Å². The Balaban J connectivity index is 1.58. The van der Waals surface area contributed by atoms with Crippen molar-refractivity contribution in [3.63, 3.8) is 0 Å². The summed E-state index contributed by atoms with van der Waals surface area (Å²) in [5.74, 6) is -0.309. The molecule has 4 rings (SSSR count). The van der Waals surface area contributed by atoms with Gasteiger partial charge < -0.3 is 14.9 Å². The average molecular weight is 495 g/mol. The van der Waals surface area contributed by atoms with E-state index in [1.807, 2.05) is 0 Å². The summed E-state index contributed by atoms with van der Waals surface area (Å²) in [5, 5.41) is 6.36. The molecule has 1 saturated carbocycles. The fraction of sp³-hybridized carbons (Fsp3) is 0.368. The number of benzene rings is 1. The maximum Gasteiger partial charge on any atom is 0.279 e. The van der Waals surface area contributed by atoms with Gasteiger partial charge >= 0.3 is 0 Å². The number of nitrogens with one attached hydrogen (secondary N) is 1. The van der Waals surface area contributed by atoms with Gasteiger partial charge in [0.05, 0.1) is 35.8 Å². The third-order valence-electron chi connectivity index (χ3n) is 4.68. The number of halogens is 1. The molecule has 11 heteroatoms. The second kappa shape index (κ2) is 8.78. The summed E-state index contributed by atoms with van der Waals surface area (Å²) >= 11 is 3.19. The highest BCUT2D eigenvalue weighted by Crippen LogP contribution is 2.33. The molecule has 1 amide bonds. The molecule has 1 aliphatic heterocycles. The molecule has 2 heterocycles. The number of rotatable bonds is 7. The lowest BCUT2D eigenvalue weighted by atomic mass is 10.1. The van der Waals surface area contributed by atoms with Crippen molar-refractivity contribution >= 4 is 43.2 Å². The van der Waals surface area contributed by atoms with Crippen molar-refractivity contribution in [3.8, 4) is 0 Å². The van der Waals surface area contributed by atoms with E-state index in [4.69, 9.17) is 9.57 Å². The van der Waals surface area contributed by atoms with Gasteiger partial charge in [-0.2, -0.15) is 0 Å². The van der Waals surface area contributed by atoms with E-state index in [1.165, 1.54) is 24.5 Å². The number of hydrogen-bond acceptors (Lipinski definition) is 8.